The Labute approximate surface area is 174 Å². The summed E-state index contributed by atoms with van der Waals surface area (Å²) in [5, 5.41) is 2.99. The Morgan fingerprint density at radius 2 is 1.79 bits per heavy atom. The van der Waals surface area contributed by atoms with E-state index < -0.39 is 23.9 Å². The number of carbonyl (C=O) groups is 1. The van der Waals surface area contributed by atoms with Crippen LogP contribution in [-0.4, -0.2) is 54.1 Å². The van der Waals surface area contributed by atoms with Gasteiger partial charge in [-0.1, -0.05) is 0 Å². The van der Waals surface area contributed by atoms with Gasteiger partial charge in [0.15, 0.2) is 0 Å². The van der Waals surface area contributed by atoms with Crippen LogP contribution in [0.5, 0.6) is 0 Å². The molecule has 0 atom stereocenters. The summed E-state index contributed by atoms with van der Waals surface area (Å²) in [6.45, 7) is 15.5. The molecule has 2 fully saturated rings. The van der Waals surface area contributed by atoms with E-state index in [0.29, 0.717) is 0 Å². The van der Waals surface area contributed by atoms with E-state index in [4.69, 9.17) is 14.0 Å². The number of pyridine rings is 1. The van der Waals surface area contributed by atoms with Crippen LogP contribution in [0.4, 0.5) is 10.5 Å². The third-order valence-electron chi connectivity index (χ3n) is 5.89. The molecule has 2 saturated heterocycles. The van der Waals surface area contributed by atoms with Gasteiger partial charge >= 0.3 is 13.2 Å². The number of rotatable bonds is 3. The van der Waals surface area contributed by atoms with Gasteiger partial charge in [0.25, 0.3) is 0 Å². The zero-order valence-corrected chi connectivity index (χ0v) is 18.7. The second-order valence-corrected chi connectivity index (χ2v) is 9.93. The van der Waals surface area contributed by atoms with Crippen molar-refractivity contribution < 1.29 is 18.8 Å². The van der Waals surface area contributed by atoms with E-state index in [9.17, 15) is 4.79 Å². The third-order valence-corrected chi connectivity index (χ3v) is 5.89. The van der Waals surface area contributed by atoms with E-state index in [0.717, 1.165) is 37.1 Å². The van der Waals surface area contributed by atoms with Gasteiger partial charge in [-0.3, -0.25) is 4.98 Å². The number of nitrogens with one attached hydrogen (secondary N) is 1. The summed E-state index contributed by atoms with van der Waals surface area (Å²) in [6, 6.07) is 2.13. The van der Waals surface area contributed by atoms with Crippen LogP contribution in [0.3, 0.4) is 0 Å². The van der Waals surface area contributed by atoms with Gasteiger partial charge in [0, 0.05) is 42.7 Å². The van der Waals surface area contributed by atoms with Gasteiger partial charge in [0.05, 0.1) is 11.2 Å². The van der Waals surface area contributed by atoms with Crippen molar-refractivity contribution in [3.05, 3.63) is 18.5 Å². The van der Waals surface area contributed by atoms with Crippen LogP contribution in [0.15, 0.2) is 18.5 Å². The first-order valence-corrected chi connectivity index (χ1v) is 10.4. The number of aromatic nitrogens is 1. The maximum atomic E-state index is 12.0. The van der Waals surface area contributed by atoms with E-state index in [1.54, 1.807) is 6.20 Å². The van der Waals surface area contributed by atoms with E-state index in [2.05, 4.69) is 42.9 Å². The van der Waals surface area contributed by atoms with Crippen molar-refractivity contribution in [3.8, 4) is 0 Å². The summed E-state index contributed by atoms with van der Waals surface area (Å²) in [5.74, 6) is 0. The molecule has 0 aromatic carbocycles. The average Bonchev–Trinajstić information content (AvgIpc) is 2.81. The molecular formula is C21H34BN3O4. The first kappa shape index (κ1) is 21.9. The Hall–Kier alpha value is -1.80. The fraction of sp³-hybridized carbons (Fsp3) is 0.714. The molecule has 160 valence electrons. The molecule has 1 aromatic heterocycles. The predicted octanol–water partition coefficient (Wildman–Crippen LogP) is 2.87. The van der Waals surface area contributed by atoms with Crippen LogP contribution in [-0.2, 0) is 14.0 Å². The molecule has 7 nitrogen and oxygen atoms in total. The molecule has 0 unspecified atom stereocenters. The van der Waals surface area contributed by atoms with Gasteiger partial charge < -0.3 is 24.3 Å². The minimum atomic E-state index is -0.487. The number of ether oxygens (including phenoxy) is 1. The highest BCUT2D eigenvalue weighted by atomic mass is 16.7. The maximum Gasteiger partial charge on any atom is 0.498 e. The molecule has 1 amide bonds. The number of alkyl carbamates (subject to hydrolysis) is 1. The van der Waals surface area contributed by atoms with E-state index in [1.165, 1.54) is 0 Å². The number of amides is 1. The van der Waals surface area contributed by atoms with Crippen molar-refractivity contribution in [3.63, 3.8) is 0 Å². The van der Waals surface area contributed by atoms with Crippen LogP contribution in [0.2, 0.25) is 0 Å². The minimum Gasteiger partial charge on any atom is -0.444 e. The largest absolute Gasteiger partial charge is 0.498 e. The molecule has 0 radical (unpaired) electrons. The summed E-state index contributed by atoms with van der Waals surface area (Å²) < 4.78 is 17.9. The molecule has 1 N–H and O–H groups in total. The lowest BCUT2D eigenvalue weighted by molar-refractivity contribution is 0.00578. The van der Waals surface area contributed by atoms with Gasteiger partial charge in [-0.25, -0.2) is 4.79 Å². The van der Waals surface area contributed by atoms with Gasteiger partial charge in [-0.05, 0) is 67.4 Å². The molecule has 0 spiro atoms. The minimum absolute atomic E-state index is 0.114. The van der Waals surface area contributed by atoms with Gasteiger partial charge in [0.1, 0.15) is 5.60 Å². The van der Waals surface area contributed by atoms with Crippen LogP contribution < -0.4 is 15.7 Å². The second-order valence-electron chi connectivity index (χ2n) is 9.93. The van der Waals surface area contributed by atoms with Gasteiger partial charge in [0.2, 0.25) is 0 Å². The van der Waals surface area contributed by atoms with Crippen molar-refractivity contribution in [2.24, 2.45) is 0 Å². The molecule has 0 aliphatic carbocycles. The monoisotopic (exact) mass is 403 g/mol. The van der Waals surface area contributed by atoms with E-state index in [1.807, 2.05) is 33.0 Å². The van der Waals surface area contributed by atoms with Crippen molar-refractivity contribution in [1.82, 2.24) is 10.3 Å². The second kappa shape index (κ2) is 7.80. The van der Waals surface area contributed by atoms with Gasteiger partial charge in [-0.15, -0.1) is 0 Å². The summed E-state index contributed by atoms with van der Waals surface area (Å²) >= 11 is 0. The molecule has 1 aromatic rings. The highest BCUT2D eigenvalue weighted by molar-refractivity contribution is 6.63. The average molecular weight is 403 g/mol. The molecule has 2 aliphatic rings. The van der Waals surface area contributed by atoms with Crippen molar-refractivity contribution in [2.45, 2.75) is 84.2 Å². The fourth-order valence-corrected chi connectivity index (χ4v) is 3.58. The Balaban J connectivity index is 1.65. The Morgan fingerprint density at radius 3 is 2.34 bits per heavy atom. The van der Waals surface area contributed by atoms with E-state index >= 15 is 0 Å². The number of anilines is 1. The highest BCUT2D eigenvalue weighted by Gasteiger charge is 2.52. The lowest BCUT2D eigenvalue weighted by Gasteiger charge is -2.35. The zero-order chi connectivity index (χ0) is 21.4. The van der Waals surface area contributed by atoms with Crippen LogP contribution >= 0.6 is 0 Å². The number of hydrogen-bond acceptors (Lipinski definition) is 6. The first-order chi connectivity index (χ1) is 13.4. The van der Waals surface area contributed by atoms with Crippen LogP contribution in [0.1, 0.15) is 61.3 Å². The van der Waals surface area contributed by atoms with Crippen LogP contribution in [0, 0.1) is 0 Å². The number of piperidine rings is 1. The van der Waals surface area contributed by atoms with Crippen molar-refractivity contribution in [1.29, 1.82) is 0 Å². The zero-order valence-electron chi connectivity index (χ0n) is 18.7. The molecule has 8 heteroatoms. The summed E-state index contributed by atoms with van der Waals surface area (Å²) in [4.78, 5) is 18.7. The summed E-state index contributed by atoms with van der Waals surface area (Å²) in [6.07, 6.45) is 4.99. The Morgan fingerprint density at radius 1 is 1.21 bits per heavy atom. The normalized spacial score (nSPS) is 21.9. The summed E-state index contributed by atoms with van der Waals surface area (Å²) in [7, 11) is -0.443. The molecule has 2 aliphatic heterocycles. The molecule has 0 bridgehead atoms. The number of carbonyl (C=O) groups excluding carboxylic acids is 1. The number of nitrogens with zero attached hydrogens (tertiary/aromatic N) is 2. The molecule has 29 heavy (non-hydrogen) atoms. The summed E-state index contributed by atoms with van der Waals surface area (Å²) in [5.41, 5.74) is 0.753. The standard InChI is InChI=1S/C21H34BN3O4/c1-19(2,3)27-18(26)24-15-9-12-25(13-10-15)17-8-11-23-14-16(17)22-28-20(4,5)21(6,7)29-22/h8,11,14-15H,9-10,12-13H2,1-7H3,(H,24,26). The SMILES string of the molecule is CC(C)(C)OC(=O)NC1CCN(c2ccncc2B2OC(C)(C)C(C)(C)O2)CC1. The maximum absolute atomic E-state index is 12.0. The lowest BCUT2D eigenvalue weighted by Crippen LogP contribution is -2.48. The molecular weight excluding hydrogens is 369 g/mol. The highest BCUT2D eigenvalue weighted by Crippen LogP contribution is 2.37. The third kappa shape index (κ3) is 5.04. The molecule has 3 heterocycles. The topological polar surface area (TPSA) is 72.9 Å². The van der Waals surface area contributed by atoms with Crippen LogP contribution in [0.25, 0.3) is 0 Å². The van der Waals surface area contributed by atoms with Crippen molar-refractivity contribution >= 4 is 24.4 Å². The molecule has 0 saturated carbocycles. The predicted molar refractivity (Wildman–Crippen MR) is 115 cm³/mol. The van der Waals surface area contributed by atoms with E-state index in [-0.39, 0.29) is 12.1 Å². The van der Waals surface area contributed by atoms with Crippen molar-refractivity contribution in [2.75, 3.05) is 18.0 Å². The Kier molecular flexibility index (Phi) is 5.89. The molecule has 3 rings (SSSR count). The lowest BCUT2D eigenvalue weighted by atomic mass is 9.78. The smallest absolute Gasteiger partial charge is 0.444 e. The van der Waals surface area contributed by atoms with Gasteiger partial charge in [-0.2, -0.15) is 0 Å². The number of hydrogen-bond donors (Lipinski definition) is 1. The Bertz CT molecular complexity index is 724. The quantitative estimate of drug-likeness (QED) is 0.783. The first-order valence-electron chi connectivity index (χ1n) is 10.4. The fourth-order valence-electron chi connectivity index (χ4n) is 3.58.